The normalized spacial score (nSPS) is 20.8. The third kappa shape index (κ3) is 11.4. The maximum atomic E-state index is 14.2. The molecule has 0 saturated carbocycles. The fraction of sp³-hybridized carbons (Fsp3) is 0.576. The van der Waals surface area contributed by atoms with E-state index in [4.69, 9.17) is 9.47 Å². The summed E-state index contributed by atoms with van der Waals surface area (Å²) in [5.74, 6) is -1.36. The fourth-order valence-corrected chi connectivity index (χ4v) is 6.24. The Bertz CT molecular complexity index is 1450. The summed E-state index contributed by atoms with van der Waals surface area (Å²) in [6.45, 7) is 7.18. The van der Waals surface area contributed by atoms with E-state index in [1.807, 2.05) is 13.8 Å². The van der Waals surface area contributed by atoms with Gasteiger partial charge in [0.15, 0.2) is 0 Å². The summed E-state index contributed by atoms with van der Waals surface area (Å²) in [5, 5.41) is 10.1. The van der Waals surface area contributed by atoms with Gasteiger partial charge in [0, 0.05) is 44.8 Å². The first kappa shape index (κ1) is 38.1. The molecule has 262 valence electrons. The molecule has 0 fully saturated rings. The van der Waals surface area contributed by atoms with Gasteiger partial charge in [-0.05, 0) is 70.4 Å². The van der Waals surface area contributed by atoms with Gasteiger partial charge in [0.25, 0.3) is 15.9 Å². The summed E-state index contributed by atoms with van der Waals surface area (Å²) in [6, 6.07) is 10.1. The van der Waals surface area contributed by atoms with E-state index in [0.717, 1.165) is 5.56 Å². The first-order valence-corrected chi connectivity index (χ1v) is 17.2. The number of carbonyl (C=O) groups is 2. The second-order valence-corrected chi connectivity index (χ2v) is 14.0. The van der Waals surface area contributed by atoms with E-state index in [-0.39, 0.29) is 47.7 Å². The summed E-state index contributed by atoms with van der Waals surface area (Å²) in [6.07, 6.45) is -5.31. The Morgan fingerprint density at radius 1 is 1.15 bits per heavy atom. The molecule has 4 atom stereocenters. The number of anilines is 1. The number of hydrogen-bond donors (Lipinski definition) is 2. The lowest BCUT2D eigenvalue weighted by Gasteiger charge is -2.36. The zero-order chi connectivity index (χ0) is 34.9. The Morgan fingerprint density at radius 3 is 2.47 bits per heavy atom. The van der Waals surface area contributed by atoms with Gasteiger partial charge in [-0.25, -0.2) is 8.42 Å². The van der Waals surface area contributed by atoms with Crippen LogP contribution in [0.1, 0.15) is 68.8 Å². The van der Waals surface area contributed by atoms with Crippen molar-refractivity contribution >= 4 is 27.5 Å². The number of halogens is 3. The molecule has 0 bridgehead atoms. The minimum absolute atomic E-state index is 0.00837. The molecule has 2 N–H and O–H groups in total. The number of sulfonamides is 1. The van der Waals surface area contributed by atoms with Crippen LogP contribution in [-0.2, 0) is 19.6 Å². The fourth-order valence-electron chi connectivity index (χ4n) is 5.19. The average molecular weight is 686 g/mol. The molecule has 2 aromatic carbocycles. The predicted octanol–water partition coefficient (Wildman–Crippen LogP) is 5.39. The number of carbonyl (C=O) groups excluding carboxylic acids is 2. The van der Waals surface area contributed by atoms with Crippen molar-refractivity contribution < 1.29 is 45.8 Å². The Morgan fingerprint density at radius 2 is 1.83 bits per heavy atom. The smallest absolute Gasteiger partial charge is 0.389 e. The number of alkyl halides is 3. The molecular weight excluding hydrogens is 639 g/mol. The van der Waals surface area contributed by atoms with Crippen LogP contribution in [0.2, 0.25) is 0 Å². The molecule has 0 radical (unpaired) electrons. The number of aryl methyl sites for hydroxylation is 1. The predicted molar refractivity (Wildman–Crippen MR) is 172 cm³/mol. The molecule has 0 unspecified atom stereocenters. The van der Waals surface area contributed by atoms with Crippen LogP contribution in [0.25, 0.3) is 0 Å². The highest BCUT2D eigenvalue weighted by atomic mass is 32.2. The van der Waals surface area contributed by atoms with Gasteiger partial charge in [0.05, 0.1) is 41.7 Å². The molecule has 1 aliphatic rings. The summed E-state index contributed by atoms with van der Waals surface area (Å²) in [4.78, 5) is 29.5. The molecule has 0 saturated heterocycles. The number of fused-ring (bicyclic) bond motifs is 1. The van der Waals surface area contributed by atoms with Gasteiger partial charge in [0.1, 0.15) is 5.75 Å². The van der Waals surface area contributed by atoms with Crippen LogP contribution < -0.4 is 9.46 Å². The van der Waals surface area contributed by atoms with Gasteiger partial charge >= 0.3 is 6.18 Å². The van der Waals surface area contributed by atoms with Crippen LogP contribution in [-0.4, -0.2) is 92.9 Å². The lowest BCUT2D eigenvalue weighted by Crippen LogP contribution is -2.48. The number of hydrogen-bond acceptors (Lipinski definition) is 7. The molecular formula is C33H46F3N3O7S. The van der Waals surface area contributed by atoms with Crippen molar-refractivity contribution in [1.82, 2.24) is 9.80 Å². The number of rotatable bonds is 9. The maximum Gasteiger partial charge on any atom is 0.389 e. The molecule has 10 nitrogen and oxygen atoms in total. The highest BCUT2D eigenvalue weighted by molar-refractivity contribution is 7.92. The lowest BCUT2D eigenvalue weighted by molar-refractivity contribution is -0.149. The van der Waals surface area contributed by atoms with E-state index >= 15 is 0 Å². The zero-order valence-electron chi connectivity index (χ0n) is 27.5. The van der Waals surface area contributed by atoms with E-state index in [2.05, 4.69) is 4.72 Å². The summed E-state index contributed by atoms with van der Waals surface area (Å²) in [5.41, 5.74) is 1.12. The van der Waals surface area contributed by atoms with Crippen LogP contribution >= 0.6 is 0 Å². The van der Waals surface area contributed by atoms with Crippen LogP contribution in [0.15, 0.2) is 47.4 Å². The van der Waals surface area contributed by atoms with Gasteiger partial charge in [-0.15, -0.1) is 0 Å². The first-order valence-electron chi connectivity index (χ1n) is 15.7. The van der Waals surface area contributed by atoms with Crippen LogP contribution in [0.4, 0.5) is 18.9 Å². The van der Waals surface area contributed by atoms with Gasteiger partial charge in [0.2, 0.25) is 5.91 Å². The molecule has 1 aliphatic heterocycles. The SMILES string of the molecule is Cc1ccc(S(=O)(=O)Nc2ccc3c(c2)C(=O)N([C@@H](C)CO)C[C@H](C)[C@H](CN(C)C(=O)CCC(F)(F)F)OCCCC[C@@H](C)O3)cc1. The first-order chi connectivity index (χ1) is 22.0. The van der Waals surface area contributed by atoms with Crippen molar-refractivity contribution in [2.24, 2.45) is 5.92 Å². The molecule has 1 heterocycles. The zero-order valence-corrected chi connectivity index (χ0v) is 28.4. The van der Waals surface area contributed by atoms with Crippen molar-refractivity contribution in [1.29, 1.82) is 0 Å². The van der Waals surface area contributed by atoms with Gasteiger partial charge in [-0.1, -0.05) is 24.6 Å². The van der Waals surface area contributed by atoms with Gasteiger partial charge in [-0.3, -0.25) is 14.3 Å². The van der Waals surface area contributed by atoms with E-state index in [1.54, 1.807) is 32.0 Å². The minimum Gasteiger partial charge on any atom is -0.490 e. The Labute approximate surface area is 275 Å². The Balaban J connectivity index is 1.95. The van der Waals surface area contributed by atoms with Crippen molar-refractivity contribution in [2.45, 2.75) is 89.1 Å². The number of aliphatic hydroxyl groups excluding tert-OH is 1. The Hall–Kier alpha value is -3.36. The van der Waals surface area contributed by atoms with Crippen molar-refractivity contribution in [3.8, 4) is 5.75 Å². The monoisotopic (exact) mass is 685 g/mol. The summed E-state index contributed by atoms with van der Waals surface area (Å²) < 4.78 is 79.4. The largest absolute Gasteiger partial charge is 0.490 e. The quantitative estimate of drug-likeness (QED) is 0.363. The van der Waals surface area contributed by atoms with Crippen molar-refractivity contribution in [3.05, 3.63) is 53.6 Å². The van der Waals surface area contributed by atoms with E-state index < -0.39 is 58.9 Å². The Kier molecular flexibility index (Phi) is 13.5. The highest BCUT2D eigenvalue weighted by Gasteiger charge is 2.32. The lowest BCUT2D eigenvalue weighted by atomic mass is 10.0. The highest BCUT2D eigenvalue weighted by Crippen LogP contribution is 2.30. The minimum atomic E-state index is -4.46. The second kappa shape index (κ2) is 16.6. The van der Waals surface area contributed by atoms with Crippen LogP contribution in [0, 0.1) is 12.8 Å². The van der Waals surface area contributed by atoms with Gasteiger partial charge in [-0.2, -0.15) is 13.2 Å². The molecule has 2 aromatic rings. The van der Waals surface area contributed by atoms with Crippen molar-refractivity contribution in [2.75, 3.05) is 38.1 Å². The molecule has 47 heavy (non-hydrogen) atoms. The molecule has 3 rings (SSSR count). The number of aliphatic hydroxyl groups is 1. The molecule has 0 spiro atoms. The molecule has 14 heteroatoms. The molecule has 2 amide bonds. The number of benzene rings is 2. The number of ether oxygens (including phenoxy) is 2. The topological polar surface area (TPSA) is 125 Å². The number of amides is 2. The standard InChI is InChI=1S/C33H46F3N3O7S/c1-22-9-12-27(13-10-22)47(43,44)37-26-11-14-29-28(18-26)32(42)39(24(3)21-40)19-23(2)30(45-17-7-6-8-25(4)46-29)20-38(5)31(41)15-16-33(34,35)36/h9-14,18,23-25,30,37,40H,6-8,15-17,19-21H2,1-5H3/t23-,24-,25+,30-/m0/s1. The number of likely N-dealkylation sites (N-methyl/N-ethyl adjacent to an activating group) is 1. The number of nitrogens with zero attached hydrogens (tertiary/aromatic N) is 2. The van der Waals surface area contributed by atoms with Crippen molar-refractivity contribution in [3.63, 3.8) is 0 Å². The summed E-state index contributed by atoms with van der Waals surface area (Å²) >= 11 is 0. The maximum absolute atomic E-state index is 14.2. The third-order valence-corrected chi connectivity index (χ3v) is 9.53. The molecule has 0 aromatic heterocycles. The van der Waals surface area contributed by atoms with E-state index in [1.165, 1.54) is 41.1 Å². The number of nitrogens with one attached hydrogen (secondary N) is 1. The van der Waals surface area contributed by atoms with Crippen LogP contribution in [0.3, 0.4) is 0 Å². The second-order valence-electron chi connectivity index (χ2n) is 12.3. The summed E-state index contributed by atoms with van der Waals surface area (Å²) in [7, 11) is -2.56. The third-order valence-electron chi connectivity index (χ3n) is 8.14. The average Bonchev–Trinajstić information content (AvgIpc) is 3.00. The van der Waals surface area contributed by atoms with E-state index in [9.17, 15) is 36.3 Å². The van der Waals surface area contributed by atoms with E-state index in [0.29, 0.717) is 25.9 Å². The van der Waals surface area contributed by atoms with Gasteiger partial charge < -0.3 is 24.4 Å². The molecule has 0 aliphatic carbocycles. The van der Waals surface area contributed by atoms with Crippen LogP contribution in [0.5, 0.6) is 5.75 Å².